The van der Waals surface area contributed by atoms with Gasteiger partial charge in [0.15, 0.2) is 11.6 Å². The van der Waals surface area contributed by atoms with Crippen molar-refractivity contribution in [3.05, 3.63) is 29.6 Å². The summed E-state index contributed by atoms with van der Waals surface area (Å²) in [5.74, 6) is -3.24. The van der Waals surface area contributed by atoms with E-state index in [1.807, 2.05) is 0 Å². The number of hydrogen-bond donors (Lipinski definition) is 2. The monoisotopic (exact) mass is 312 g/mol. The van der Waals surface area contributed by atoms with Gasteiger partial charge in [0.25, 0.3) is 0 Å². The lowest BCUT2D eigenvalue weighted by molar-refractivity contribution is -0.275. The Labute approximate surface area is 116 Å². The van der Waals surface area contributed by atoms with Gasteiger partial charge in [-0.25, -0.2) is 4.39 Å². The third-order valence-electron chi connectivity index (χ3n) is 2.49. The van der Waals surface area contributed by atoms with Crippen molar-refractivity contribution in [2.24, 2.45) is 0 Å². The van der Waals surface area contributed by atoms with Gasteiger partial charge in [-0.05, 0) is 17.7 Å². The van der Waals surface area contributed by atoms with Gasteiger partial charge < -0.3 is 19.7 Å². The molecule has 0 aliphatic heterocycles. The Kier molecular flexibility index (Phi) is 5.50. The number of methoxy groups -OCH3 is 1. The van der Waals surface area contributed by atoms with Crippen LogP contribution in [-0.4, -0.2) is 35.8 Å². The summed E-state index contributed by atoms with van der Waals surface area (Å²) in [6.07, 6.45) is -8.87. The highest BCUT2D eigenvalue weighted by Crippen LogP contribution is 2.29. The van der Waals surface area contributed by atoms with Crippen LogP contribution in [0.25, 0.3) is 0 Å². The van der Waals surface area contributed by atoms with E-state index in [2.05, 4.69) is 9.47 Å². The van der Waals surface area contributed by atoms with Crippen molar-refractivity contribution in [2.45, 2.75) is 25.0 Å². The Morgan fingerprint density at radius 2 is 1.95 bits per heavy atom. The zero-order chi connectivity index (χ0) is 16.2. The molecule has 2 N–H and O–H groups in total. The average molecular weight is 312 g/mol. The normalized spacial score (nSPS) is 14.4. The number of aliphatic hydroxyl groups excluding tert-OH is 2. The Balaban J connectivity index is 2.85. The minimum atomic E-state index is -5.05. The minimum Gasteiger partial charge on any atom is -0.469 e. The van der Waals surface area contributed by atoms with Crippen molar-refractivity contribution in [2.75, 3.05) is 7.11 Å². The molecule has 0 spiro atoms. The molecule has 0 amide bonds. The first-order valence-corrected chi connectivity index (χ1v) is 5.62. The molecule has 0 aliphatic rings. The Morgan fingerprint density at radius 1 is 1.33 bits per heavy atom. The fourth-order valence-corrected chi connectivity index (χ4v) is 1.50. The lowest BCUT2D eigenvalue weighted by Gasteiger charge is -2.18. The van der Waals surface area contributed by atoms with Crippen molar-refractivity contribution in [1.82, 2.24) is 0 Å². The van der Waals surface area contributed by atoms with Crippen molar-refractivity contribution < 1.29 is 42.0 Å². The minimum absolute atomic E-state index is 0.210. The largest absolute Gasteiger partial charge is 0.573 e. The van der Waals surface area contributed by atoms with Crippen molar-refractivity contribution in [1.29, 1.82) is 0 Å². The van der Waals surface area contributed by atoms with Gasteiger partial charge in [0.2, 0.25) is 0 Å². The molecule has 21 heavy (non-hydrogen) atoms. The van der Waals surface area contributed by atoms with E-state index in [0.717, 1.165) is 13.2 Å². The predicted octanol–water partition coefficient (Wildman–Crippen LogP) is 1.68. The van der Waals surface area contributed by atoms with Crippen LogP contribution in [-0.2, 0) is 9.53 Å². The maximum Gasteiger partial charge on any atom is 0.573 e. The summed E-state index contributed by atoms with van der Waals surface area (Å²) in [4.78, 5) is 10.9. The quantitative estimate of drug-likeness (QED) is 0.639. The first-order valence-electron chi connectivity index (χ1n) is 5.62. The molecule has 118 valence electrons. The van der Waals surface area contributed by atoms with Crippen molar-refractivity contribution in [3.63, 3.8) is 0 Å². The molecule has 0 heterocycles. The molecule has 0 bridgehead atoms. The smallest absolute Gasteiger partial charge is 0.469 e. The van der Waals surface area contributed by atoms with E-state index in [4.69, 9.17) is 0 Å². The molecule has 1 aromatic rings. The molecule has 0 radical (unpaired) electrons. The summed E-state index contributed by atoms with van der Waals surface area (Å²) in [5.41, 5.74) is -0.210. The molecule has 1 aromatic carbocycles. The molecular formula is C12H12F4O5. The van der Waals surface area contributed by atoms with Gasteiger partial charge in [-0.2, -0.15) is 0 Å². The summed E-state index contributed by atoms with van der Waals surface area (Å²) in [5, 5.41) is 19.2. The highest BCUT2D eigenvalue weighted by Gasteiger charge is 2.32. The molecular weight excluding hydrogens is 300 g/mol. The molecule has 0 aromatic heterocycles. The number of esters is 1. The van der Waals surface area contributed by atoms with Crippen LogP contribution in [0, 0.1) is 5.82 Å². The second-order valence-corrected chi connectivity index (χ2v) is 4.03. The number of alkyl halides is 3. The Bertz CT molecular complexity index is 503. The zero-order valence-electron chi connectivity index (χ0n) is 10.7. The average Bonchev–Trinajstić information content (AvgIpc) is 2.38. The fraction of sp³-hybridized carbons (Fsp3) is 0.417. The number of halogens is 4. The fourth-order valence-electron chi connectivity index (χ4n) is 1.50. The second-order valence-electron chi connectivity index (χ2n) is 4.03. The summed E-state index contributed by atoms with van der Waals surface area (Å²) in [6.45, 7) is 0. The van der Waals surface area contributed by atoms with Crippen LogP contribution in [0.4, 0.5) is 17.6 Å². The summed E-state index contributed by atoms with van der Waals surface area (Å²) in [6, 6.07) is 2.17. The van der Waals surface area contributed by atoms with Gasteiger partial charge >= 0.3 is 12.3 Å². The van der Waals surface area contributed by atoms with E-state index in [1.54, 1.807) is 0 Å². The molecule has 2 atom stereocenters. The van der Waals surface area contributed by atoms with Crippen LogP contribution in [0.3, 0.4) is 0 Å². The van der Waals surface area contributed by atoms with Crippen LogP contribution >= 0.6 is 0 Å². The van der Waals surface area contributed by atoms with Crippen LogP contribution in [0.15, 0.2) is 18.2 Å². The van der Waals surface area contributed by atoms with Gasteiger partial charge in [-0.15, -0.1) is 13.2 Å². The highest BCUT2D eigenvalue weighted by atomic mass is 19.4. The second kappa shape index (κ2) is 6.72. The van der Waals surface area contributed by atoms with Crippen molar-refractivity contribution >= 4 is 5.97 Å². The van der Waals surface area contributed by atoms with Gasteiger partial charge in [0.05, 0.1) is 19.6 Å². The highest BCUT2D eigenvalue weighted by molar-refractivity contribution is 5.69. The summed E-state index contributed by atoms with van der Waals surface area (Å²) >= 11 is 0. The van der Waals surface area contributed by atoms with E-state index >= 15 is 0 Å². The van der Waals surface area contributed by atoms with Gasteiger partial charge in [0.1, 0.15) is 6.10 Å². The van der Waals surface area contributed by atoms with Gasteiger partial charge in [0, 0.05) is 0 Å². The van der Waals surface area contributed by atoms with Crippen LogP contribution in [0.5, 0.6) is 5.75 Å². The number of aliphatic hydroxyl groups is 2. The molecule has 2 unspecified atom stereocenters. The summed E-state index contributed by atoms with van der Waals surface area (Å²) < 4.78 is 57.0. The predicted molar refractivity (Wildman–Crippen MR) is 60.7 cm³/mol. The van der Waals surface area contributed by atoms with Gasteiger partial charge in [-0.1, -0.05) is 6.07 Å². The number of rotatable bonds is 5. The molecule has 5 nitrogen and oxygen atoms in total. The number of carbonyl (C=O) groups is 1. The number of benzene rings is 1. The molecule has 0 fully saturated rings. The molecule has 9 heteroatoms. The van der Waals surface area contributed by atoms with Gasteiger partial charge in [-0.3, -0.25) is 4.79 Å². The number of carbonyl (C=O) groups excluding carboxylic acids is 1. The van der Waals surface area contributed by atoms with Crippen LogP contribution in [0.2, 0.25) is 0 Å². The van der Waals surface area contributed by atoms with Crippen LogP contribution < -0.4 is 4.74 Å². The first-order chi connectivity index (χ1) is 9.64. The lowest BCUT2D eigenvalue weighted by Crippen LogP contribution is -2.23. The maximum absolute atomic E-state index is 13.4. The maximum atomic E-state index is 13.4. The number of hydrogen-bond acceptors (Lipinski definition) is 5. The lowest BCUT2D eigenvalue weighted by atomic mass is 10.0. The molecule has 0 aliphatic carbocycles. The van der Waals surface area contributed by atoms with E-state index < -0.39 is 42.5 Å². The molecule has 0 saturated heterocycles. The topological polar surface area (TPSA) is 76.0 Å². The first kappa shape index (κ1) is 17.2. The zero-order valence-corrected chi connectivity index (χ0v) is 10.7. The summed E-state index contributed by atoms with van der Waals surface area (Å²) in [7, 11) is 1.07. The van der Waals surface area contributed by atoms with Crippen molar-refractivity contribution in [3.8, 4) is 5.75 Å². The van der Waals surface area contributed by atoms with E-state index in [9.17, 15) is 32.6 Å². The van der Waals surface area contributed by atoms with Crippen LogP contribution in [0.1, 0.15) is 18.1 Å². The Morgan fingerprint density at radius 3 is 2.43 bits per heavy atom. The number of ether oxygens (including phenoxy) is 2. The SMILES string of the molecule is COC(=O)CC(O)C(O)c1ccc(OC(F)(F)F)c(F)c1. The standard InChI is InChI=1S/C12H12F4O5/c1-20-10(18)5-8(17)11(19)6-2-3-9(7(13)4-6)21-12(14,15)16/h2-4,8,11,17,19H,5H2,1H3. The molecule has 1 rings (SSSR count). The van der Waals surface area contributed by atoms with E-state index in [0.29, 0.717) is 12.1 Å². The third kappa shape index (κ3) is 5.20. The van der Waals surface area contributed by atoms with E-state index in [-0.39, 0.29) is 5.56 Å². The Hall–Kier alpha value is -1.87. The third-order valence-corrected chi connectivity index (χ3v) is 2.49. The van der Waals surface area contributed by atoms with E-state index in [1.165, 1.54) is 0 Å². The molecule has 0 saturated carbocycles.